The smallest absolute Gasteiger partial charge is 0.329 e. The Morgan fingerprint density at radius 2 is 1.56 bits per heavy atom. The van der Waals surface area contributed by atoms with E-state index in [1.54, 1.807) is 16.7 Å². The van der Waals surface area contributed by atoms with E-state index in [4.69, 9.17) is 0 Å². The Hall–Kier alpha value is -2.47. The quantitative estimate of drug-likeness (QED) is 0.827. The minimum Gasteiger partial charge on any atom is -0.480 e. The van der Waals surface area contributed by atoms with Crippen molar-refractivity contribution in [1.82, 2.24) is 4.90 Å². The summed E-state index contributed by atoms with van der Waals surface area (Å²) in [4.78, 5) is 30.2. The minimum absolute atomic E-state index is 0.257. The molecule has 1 N–H and O–H groups in total. The van der Waals surface area contributed by atoms with Gasteiger partial charge in [-0.3, -0.25) is 4.90 Å². The van der Waals surface area contributed by atoms with Gasteiger partial charge in [0.05, 0.1) is 11.4 Å². The van der Waals surface area contributed by atoms with Crippen molar-refractivity contribution in [2.24, 2.45) is 0 Å². The number of urea groups is 1. The zero-order valence-electron chi connectivity index (χ0n) is 13.6. The van der Waals surface area contributed by atoms with Gasteiger partial charge in [0, 0.05) is 16.3 Å². The van der Waals surface area contributed by atoms with Crippen molar-refractivity contribution >= 4 is 35.1 Å². The maximum Gasteiger partial charge on any atom is 0.329 e. The van der Waals surface area contributed by atoms with Gasteiger partial charge < -0.3 is 10.0 Å². The molecule has 2 aromatic carbocycles. The maximum absolute atomic E-state index is 13.4. The summed E-state index contributed by atoms with van der Waals surface area (Å²) in [5, 5.41) is 9.53. The second-order valence-corrected chi connectivity index (χ2v) is 7.28. The van der Waals surface area contributed by atoms with Crippen molar-refractivity contribution in [1.29, 1.82) is 0 Å². The summed E-state index contributed by atoms with van der Waals surface area (Å²) in [6.45, 7) is 0.476. The van der Waals surface area contributed by atoms with Crippen LogP contribution in [0, 0.1) is 0 Å². The van der Waals surface area contributed by atoms with Crippen LogP contribution in [0.4, 0.5) is 16.2 Å². The van der Waals surface area contributed by atoms with Gasteiger partial charge in [-0.25, -0.2) is 9.59 Å². The molecular formula is C19H18N2O3S. The summed E-state index contributed by atoms with van der Waals surface area (Å²) in [6.07, 6.45) is 2.18. The number of hydrogen-bond donors (Lipinski definition) is 1. The number of fused-ring (bicyclic) bond motifs is 2. The molecule has 0 aromatic heterocycles. The lowest BCUT2D eigenvalue weighted by molar-refractivity contribution is -0.143. The van der Waals surface area contributed by atoms with Crippen LogP contribution >= 0.6 is 11.8 Å². The van der Waals surface area contributed by atoms with Crippen molar-refractivity contribution in [2.45, 2.75) is 35.1 Å². The van der Waals surface area contributed by atoms with Crippen LogP contribution < -0.4 is 4.90 Å². The fraction of sp³-hybridized carbons (Fsp3) is 0.263. The average Bonchev–Trinajstić information content (AvgIpc) is 2.65. The molecule has 0 bridgehead atoms. The van der Waals surface area contributed by atoms with E-state index in [0.29, 0.717) is 13.0 Å². The Morgan fingerprint density at radius 1 is 0.960 bits per heavy atom. The minimum atomic E-state index is -0.930. The second kappa shape index (κ2) is 6.44. The molecule has 2 aliphatic heterocycles. The van der Waals surface area contributed by atoms with Crippen LogP contribution in [-0.2, 0) is 4.79 Å². The molecule has 128 valence electrons. The topological polar surface area (TPSA) is 60.9 Å². The van der Waals surface area contributed by atoms with Crippen molar-refractivity contribution < 1.29 is 14.7 Å². The summed E-state index contributed by atoms with van der Waals surface area (Å²) in [6, 6.07) is 14.5. The van der Waals surface area contributed by atoms with Crippen LogP contribution in [0.3, 0.4) is 0 Å². The van der Waals surface area contributed by atoms with E-state index >= 15 is 0 Å². The number of para-hydroxylation sites is 2. The lowest BCUT2D eigenvalue weighted by Gasteiger charge is -2.39. The molecule has 1 atom stereocenters. The fourth-order valence-electron chi connectivity index (χ4n) is 3.46. The van der Waals surface area contributed by atoms with Crippen LogP contribution in [0.25, 0.3) is 0 Å². The molecule has 0 aliphatic carbocycles. The molecule has 1 fully saturated rings. The largest absolute Gasteiger partial charge is 0.480 e. The SMILES string of the molecule is O=C(O)C1CCCCN1C(=O)N1c2ccccc2Sc2ccccc21. The lowest BCUT2D eigenvalue weighted by Crippen LogP contribution is -2.52. The summed E-state index contributed by atoms with van der Waals surface area (Å²) < 4.78 is 0. The summed E-state index contributed by atoms with van der Waals surface area (Å²) >= 11 is 1.63. The van der Waals surface area contributed by atoms with Gasteiger partial charge in [0.2, 0.25) is 0 Å². The third-order valence-corrected chi connectivity index (χ3v) is 5.79. The molecule has 6 heteroatoms. The highest BCUT2D eigenvalue weighted by Gasteiger charge is 2.37. The molecule has 0 radical (unpaired) electrons. The second-order valence-electron chi connectivity index (χ2n) is 6.20. The van der Waals surface area contributed by atoms with Crippen molar-refractivity contribution in [2.75, 3.05) is 11.4 Å². The van der Waals surface area contributed by atoms with E-state index in [9.17, 15) is 14.7 Å². The van der Waals surface area contributed by atoms with Gasteiger partial charge in [0.25, 0.3) is 0 Å². The number of anilines is 2. The zero-order chi connectivity index (χ0) is 17.4. The van der Waals surface area contributed by atoms with E-state index in [0.717, 1.165) is 34.0 Å². The van der Waals surface area contributed by atoms with E-state index < -0.39 is 12.0 Å². The van der Waals surface area contributed by atoms with Gasteiger partial charge in [0.15, 0.2) is 0 Å². The van der Waals surface area contributed by atoms with Gasteiger partial charge in [-0.15, -0.1) is 0 Å². The molecule has 5 nitrogen and oxygen atoms in total. The first-order valence-electron chi connectivity index (χ1n) is 8.36. The number of hydrogen-bond acceptors (Lipinski definition) is 3. The maximum atomic E-state index is 13.4. The molecule has 0 saturated carbocycles. The number of benzene rings is 2. The van der Waals surface area contributed by atoms with Crippen LogP contribution in [-0.4, -0.2) is 34.6 Å². The fourth-order valence-corrected chi connectivity index (χ4v) is 4.51. The molecule has 2 heterocycles. The molecule has 25 heavy (non-hydrogen) atoms. The normalized spacial score (nSPS) is 19.1. The van der Waals surface area contributed by atoms with E-state index in [2.05, 4.69) is 0 Å². The van der Waals surface area contributed by atoms with Crippen molar-refractivity contribution in [3.8, 4) is 0 Å². The lowest BCUT2D eigenvalue weighted by atomic mass is 10.0. The van der Waals surface area contributed by atoms with Crippen LogP contribution in [0.5, 0.6) is 0 Å². The van der Waals surface area contributed by atoms with Gasteiger partial charge >= 0.3 is 12.0 Å². The highest BCUT2D eigenvalue weighted by molar-refractivity contribution is 7.99. The molecule has 2 aliphatic rings. The Bertz CT molecular complexity index is 793. The summed E-state index contributed by atoms with van der Waals surface area (Å²) in [5.74, 6) is -0.930. The predicted octanol–water partition coefficient (Wildman–Crippen LogP) is 4.35. The first-order valence-corrected chi connectivity index (χ1v) is 9.18. The van der Waals surface area contributed by atoms with Gasteiger partial charge in [-0.1, -0.05) is 36.0 Å². The highest BCUT2D eigenvalue weighted by atomic mass is 32.2. The number of carboxylic acid groups (broad SMARTS) is 1. The number of aliphatic carboxylic acids is 1. The zero-order valence-corrected chi connectivity index (χ0v) is 14.4. The number of piperidine rings is 1. The number of carboxylic acids is 1. The molecular weight excluding hydrogens is 336 g/mol. The first-order chi connectivity index (χ1) is 12.2. The van der Waals surface area contributed by atoms with E-state index in [1.807, 2.05) is 48.5 Å². The predicted molar refractivity (Wildman–Crippen MR) is 96.5 cm³/mol. The molecule has 2 aromatic rings. The summed E-state index contributed by atoms with van der Waals surface area (Å²) in [7, 11) is 0. The standard InChI is InChI=1S/C19H18N2O3S/c22-18(23)15-9-5-6-12-20(15)19(24)21-13-7-1-3-10-16(13)25-17-11-4-2-8-14(17)21/h1-4,7-8,10-11,15H,5-6,9,12H2,(H,22,23). The highest BCUT2D eigenvalue weighted by Crippen LogP contribution is 2.48. The Morgan fingerprint density at radius 3 is 2.16 bits per heavy atom. The van der Waals surface area contributed by atoms with Crippen molar-refractivity contribution in [3.05, 3.63) is 48.5 Å². The van der Waals surface area contributed by atoms with Gasteiger partial charge in [-0.05, 0) is 43.5 Å². The Balaban J connectivity index is 1.79. The summed E-state index contributed by atoms with van der Waals surface area (Å²) in [5.41, 5.74) is 1.62. The molecule has 1 saturated heterocycles. The van der Waals surface area contributed by atoms with E-state index in [1.165, 1.54) is 4.90 Å². The number of likely N-dealkylation sites (tertiary alicyclic amines) is 1. The van der Waals surface area contributed by atoms with Gasteiger partial charge in [-0.2, -0.15) is 0 Å². The molecule has 1 unspecified atom stereocenters. The van der Waals surface area contributed by atoms with Crippen LogP contribution in [0.1, 0.15) is 19.3 Å². The van der Waals surface area contributed by atoms with Gasteiger partial charge in [0.1, 0.15) is 6.04 Å². The number of amides is 2. The van der Waals surface area contributed by atoms with Crippen LogP contribution in [0.2, 0.25) is 0 Å². The first kappa shape index (κ1) is 16.0. The monoisotopic (exact) mass is 354 g/mol. The molecule has 0 spiro atoms. The molecule has 2 amide bonds. The average molecular weight is 354 g/mol. The Labute approximate surface area is 150 Å². The number of nitrogens with zero attached hydrogens (tertiary/aromatic N) is 2. The van der Waals surface area contributed by atoms with E-state index in [-0.39, 0.29) is 6.03 Å². The number of rotatable bonds is 1. The van der Waals surface area contributed by atoms with Crippen LogP contribution in [0.15, 0.2) is 58.3 Å². The molecule has 4 rings (SSSR count). The Kier molecular flexibility index (Phi) is 4.13. The third kappa shape index (κ3) is 2.76. The number of carbonyl (C=O) groups is 2. The third-order valence-electron chi connectivity index (χ3n) is 4.66. The number of carbonyl (C=O) groups excluding carboxylic acids is 1. The van der Waals surface area contributed by atoms with Crippen molar-refractivity contribution in [3.63, 3.8) is 0 Å².